The molecule has 70 valence electrons. The summed E-state index contributed by atoms with van der Waals surface area (Å²) in [7, 11) is 0. The maximum absolute atomic E-state index is 5.39. The minimum Gasteiger partial charge on any atom is -0.404 e. The van der Waals surface area contributed by atoms with Gasteiger partial charge in [0.25, 0.3) is 0 Å². The minimum atomic E-state index is 0.667. The Morgan fingerprint density at radius 3 is 3.14 bits per heavy atom. The van der Waals surface area contributed by atoms with Gasteiger partial charge in [-0.05, 0) is 6.07 Å². The number of rotatable bonds is 2. The van der Waals surface area contributed by atoms with Crippen LogP contribution in [-0.4, -0.2) is 21.2 Å². The number of nitrogens with two attached hydrogens (primary N) is 2. The van der Waals surface area contributed by atoms with Gasteiger partial charge in [-0.25, -0.2) is 9.97 Å². The van der Waals surface area contributed by atoms with Gasteiger partial charge in [-0.3, -0.25) is 5.41 Å². The molecule has 14 heavy (non-hydrogen) atoms. The number of H-pyrrole nitrogens is 1. The van der Waals surface area contributed by atoms with Crippen LogP contribution in [-0.2, 0) is 0 Å². The first-order chi connectivity index (χ1) is 6.85. The Hall–Kier alpha value is -2.17. The number of aromatic nitrogens is 3. The summed E-state index contributed by atoms with van der Waals surface area (Å²) in [5.41, 5.74) is 8.27. The van der Waals surface area contributed by atoms with Gasteiger partial charge in [0.1, 0.15) is 5.52 Å². The number of fused-ring (bicyclic) bond motifs is 1. The van der Waals surface area contributed by atoms with Crippen LogP contribution in [0.2, 0.25) is 0 Å². The molecule has 2 aromatic rings. The molecule has 0 saturated heterocycles. The first-order valence-corrected chi connectivity index (χ1v) is 4.12. The average molecular weight is 188 g/mol. The first kappa shape index (κ1) is 8.43. The van der Waals surface area contributed by atoms with Gasteiger partial charge in [0.2, 0.25) is 0 Å². The number of nitrogens with zero attached hydrogens (tertiary/aromatic N) is 2. The van der Waals surface area contributed by atoms with Crippen molar-refractivity contribution in [2.45, 2.75) is 0 Å². The second-order valence-electron chi connectivity index (χ2n) is 2.76. The highest BCUT2D eigenvalue weighted by molar-refractivity contribution is 6.06. The molecule has 0 amide bonds. The fraction of sp³-hybridized carbons (Fsp3) is 0. The Kier molecular flexibility index (Phi) is 1.98. The summed E-state index contributed by atoms with van der Waals surface area (Å²) in [6.07, 6.45) is 6.22. The van der Waals surface area contributed by atoms with E-state index in [1.165, 1.54) is 12.4 Å². The molecular weight excluding hydrogens is 178 g/mol. The SMILES string of the molecule is N/C=C(\C=[NH2+])c1cnc2[nH]ccc2n1. The van der Waals surface area contributed by atoms with Crippen molar-refractivity contribution in [3.05, 3.63) is 30.4 Å². The summed E-state index contributed by atoms with van der Waals surface area (Å²) < 4.78 is 0. The topological polar surface area (TPSA) is 93.2 Å². The van der Waals surface area contributed by atoms with Gasteiger partial charge in [0.15, 0.2) is 11.9 Å². The lowest BCUT2D eigenvalue weighted by molar-refractivity contribution is -0.103. The molecule has 0 fully saturated rings. The third kappa shape index (κ3) is 1.24. The zero-order chi connectivity index (χ0) is 9.97. The van der Waals surface area contributed by atoms with E-state index in [2.05, 4.69) is 15.0 Å². The Balaban J connectivity index is 2.58. The number of nitrogens with one attached hydrogen (secondary N) is 1. The molecule has 0 aliphatic heterocycles. The summed E-state index contributed by atoms with van der Waals surface area (Å²) in [5, 5.41) is 5.39. The molecule has 0 aliphatic rings. The van der Waals surface area contributed by atoms with E-state index in [4.69, 9.17) is 11.1 Å². The molecule has 0 unspecified atom stereocenters. The van der Waals surface area contributed by atoms with Crippen molar-refractivity contribution in [2.24, 2.45) is 5.73 Å². The van der Waals surface area contributed by atoms with Crippen molar-refractivity contribution < 1.29 is 5.41 Å². The van der Waals surface area contributed by atoms with Gasteiger partial charge >= 0.3 is 0 Å². The summed E-state index contributed by atoms with van der Waals surface area (Å²) in [6.45, 7) is 0. The molecule has 5 nitrogen and oxygen atoms in total. The predicted octanol–water partition coefficient (Wildman–Crippen LogP) is -0.913. The molecule has 0 atom stereocenters. The molecule has 0 aromatic carbocycles. The molecule has 5 N–H and O–H groups in total. The Labute approximate surface area is 80.2 Å². The van der Waals surface area contributed by atoms with E-state index in [9.17, 15) is 0 Å². The van der Waals surface area contributed by atoms with E-state index in [1.807, 2.05) is 6.07 Å². The molecule has 2 rings (SSSR count). The third-order valence-electron chi connectivity index (χ3n) is 1.92. The first-order valence-electron chi connectivity index (χ1n) is 4.12. The van der Waals surface area contributed by atoms with E-state index in [1.54, 1.807) is 12.4 Å². The number of allylic oxidation sites excluding steroid dienone is 1. The monoisotopic (exact) mass is 188 g/mol. The summed E-state index contributed by atoms with van der Waals surface area (Å²) in [5.74, 6) is 0. The normalized spacial score (nSPS) is 11.9. The Morgan fingerprint density at radius 1 is 1.57 bits per heavy atom. The van der Waals surface area contributed by atoms with Crippen LogP contribution in [0.5, 0.6) is 0 Å². The molecule has 2 heterocycles. The molecule has 0 spiro atoms. The van der Waals surface area contributed by atoms with Crippen LogP contribution in [0.4, 0.5) is 0 Å². The number of aromatic amines is 1. The van der Waals surface area contributed by atoms with Gasteiger partial charge in [-0.15, -0.1) is 0 Å². The van der Waals surface area contributed by atoms with Crippen LogP contribution < -0.4 is 11.1 Å². The van der Waals surface area contributed by atoms with Crippen molar-refractivity contribution in [3.63, 3.8) is 0 Å². The Bertz CT molecular complexity index is 497. The average Bonchev–Trinajstić information content (AvgIpc) is 2.66. The van der Waals surface area contributed by atoms with Crippen molar-refractivity contribution in [2.75, 3.05) is 0 Å². The van der Waals surface area contributed by atoms with Crippen LogP contribution in [0.15, 0.2) is 24.7 Å². The number of hydrogen-bond acceptors (Lipinski definition) is 3. The van der Waals surface area contributed by atoms with Crippen molar-refractivity contribution in [1.29, 1.82) is 0 Å². The van der Waals surface area contributed by atoms with Gasteiger partial charge in [-0.2, -0.15) is 0 Å². The lowest BCUT2D eigenvalue weighted by atomic mass is 10.2. The van der Waals surface area contributed by atoms with Crippen LogP contribution >= 0.6 is 0 Å². The van der Waals surface area contributed by atoms with E-state index in [0.29, 0.717) is 11.3 Å². The van der Waals surface area contributed by atoms with E-state index in [-0.39, 0.29) is 0 Å². The molecular formula is C9H10N5+. The quantitative estimate of drug-likeness (QED) is 0.532. The molecule has 0 bridgehead atoms. The van der Waals surface area contributed by atoms with Crippen LogP contribution in [0.25, 0.3) is 16.7 Å². The number of hydrogen-bond donors (Lipinski definition) is 3. The Morgan fingerprint density at radius 2 is 2.43 bits per heavy atom. The van der Waals surface area contributed by atoms with Crippen molar-refractivity contribution in [1.82, 2.24) is 15.0 Å². The summed E-state index contributed by atoms with van der Waals surface area (Å²) >= 11 is 0. The van der Waals surface area contributed by atoms with Crippen molar-refractivity contribution in [3.8, 4) is 0 Å². The highest BCUT2D eigenvalue weighted by Crippen LogP contribution is 2.11. The van der Waals surface area contributed by atoms with Crippen LogP contribution in [0.3, 0.4) is 0 Å². The molecule has 0 radical (unpaired) electrons. The van der Waals surface area contributed by atoms with Gasteiger partial charge in [0.05, 0.1) is 17.5 Å². The standard InChI is InChI=1S/C9H9N5/c10-3-6(4-11)8-5-13-9-7(14-8)1-2-12-9/h1-5,10H,11H2,(H,12,13)/p+1/b6-4+,10-3?. The van der Waals surface area contributed by atoms with Gasteiger partial charge in [-0.1, -0.05) is 0 Å². The second-order valence-corrected chi connectivity index (χ2v) is 2.76. The maximum atomic E-state index is 5.39. The maximum Gasteiger partial charge on any atom is 0.171 e. The highest BCUT2D eigenvalue weighted by atomic mass is 14.9. The second kappa shape index (κ2) is 3.29. The fourth-order valence-corrected chi connectivity index (χ4v) is 1.20. The molecule has 0 saturated carbocycles. The van der Waals surface area contributed by atoms with Crippen LogP contribution in [0.1, 0.15) is 5.69 Å². The van der Waals surface area contributed by atoms with Crippen LogP contribution in [0, 0.1) is 0 Å². The summed E-state index contributed by atoms with van der Waals surface area (Å²) in [6, 6.07) is 1.84. The zero-order valence-electron chi connectivity index (χ0n) is 7.44. The van der Waals surface area contributed by atoms with E-state index >= 15 is 0 Å². The summed E-state index contributed by atoms with van der Waals surface area (Å²) in [4.78, 5) is 11.4. The fourth-order valence-electron chi connectivity index (χ4n) is 1.20. The third-order valence-corrected chi connectivity index (χ3v) is 1.92. The predicted molar refractivity (Wildman–Crippen MR) is 54.0 cm³/mol. The smallest absolute Gasteiger partial charge is 0.171 e. The van der Waals surface area contributed by atoms with E-state index < -0.39 is 0 Å². The lowest BCUT2D eigenvalue weighted by Gasteiger charge is -1.96. The molecule has 5 heteroatoms. The largest absolute Gasteiger partial charge is 0.404 e. The van der Waals surface area contributed by atoms with Crippen molar-refractivity contribution >= 4 is 23.0 Å². The van der Waals surface area contributed by atoms with Gasteiger partial charge < -0.3 is 10.7 Å². The minimum absolute atomic E-state index is 0.667. The molecule has 2 aromatic heterocycles. The molecule has 0 aliphatic carbocycles. The highest BCUT2D eigenvalue weighted by Gasteiger charge is 2.04. The zero-order valence-corrected chi connectivity index (χ0v) is 7.44. The van der Waals surface area contributed by atoms with Gasteiger partial charge in [0, 0.05) is 12.4 Å². The van der Waals surface area contributed by atoms with E-state index in [0.717, 1.165) is 11.2 Å². The lowest BCUT2D eigenvalue weighted by Crippen LogP contribution is -2.30.